The van der Waals surface area contributed by atoms with Crippen LogP contribution in [0.3, 0.4) is 0 Å². The van der Waals surface area contributed by atoms with Crippen LogP contribution in [-0.4, -0.2) is 59.2 Å². The Morgan fingerprint density at radius 2 is 1.96 bits per heavy atom. The summed E-state index contributed by atoms with van der Waals surface area (Å²) in [4.78, 5) is 20.9. The van der Waals surface area contributed by atoms with E-state index in [1.165, 1.54) is 12.8 Å². The lowest BCUT2D eigenvalue weighted by molar-refractivity contribution is -0.0591. The molecule has 2 saturated heterocycles. The van der Waals surface area contributed by atoms with Crippen molar-refractivity contribution in [2.45, 2.75) is 45.6 Å². The van der Waals surface area contributed by atoms with E-state index in [-0.39, 0.29) is 6.09 Å². The molecular formula is C19H28BrN3O2. The maximum Gasteiger partial charge on any atom is 0.410 e. The van der Waals surface area contributed by atoms with Gasteiger partial charge in [0.2, 0.25) is 0 Å². The first kappa shape index (κ1) is 18.6. The zero-order valence-electron chi connectivity index (χ0n) is 15.4. The number of aromatic nitrogens is 1. The lowest BCUT2D eigenvalue weighted by Gasteiger charge is -2.53. The van der Waals surface area contributed by atoms with Gasteiger partial charge in [0.15, 0.2) is 0 Å². The molecular weight excluding hydrogens is 382 g/mol. The van der Waals surface area contributed by atoms with E-state index in [1.54, 1.807) is 0 Å². The number of nitrogens with zero attached hydrogens (tertiary/aromatic N) is 3. The molecule has 2 aliphatic heterocycles. The van der Waals surface area contributed by atoms with Gasteiger partial charge in [-0.1, -0.05) is 0 Å². The van der Waals surface area contributed by atoms with Crippen molar-refractivity contribution in [2.75, 3.05) is 32.7 Å². The molecule has 1 aromatic heterocycles. The Morgan fingerprint density at radius 3 is 2.52 bits per heavy atom. The first-order valence-corrected chi connectivity index (χ1v) is 9.85. The van der Waals surface area contributed by atoms with Gasteiger partial charge in [0, 0.05) is 47.8 Å². The summed E-state index contributed by atoms with van der Waals surface area (Å²) >= 11 is 3.42. The van der Waals surface area contributed by atoms with E-state index in [0.29, 0.717) is 5.41 Å². The topological polar surface area (TPSA) is 45.7 Å². The number of ether oxygens (including phenoxy) is 1. The molecule has 2 aliphatic rings. The summed E-state index contributed by atoms with van der Waals surface area (Å²) in [6.07, 6.45) is 5.02. The van der Waals surface area contributed by atoms with E-state index in [2.05, 4.69) is 31.9 Å². The summed E-state index contributed by atoms with van der Waals surface area (Å²) in [7, 11) is 0. The van der Waals surface area contributed by atoms with Gasteiger partial charge in [-0.25, -0.2) is 4.79 Å². The first-order valence-electron chi connectivity index (χ1n) is 9.06. The van der Waals surface area contributed by atoms with Gasteiger partial charge < -0.3 is 14.5 Å². The van der Waals surface area contributed by atoms with Gasteiger partial charge in [0.05, 0.1) is 0 Å². The van der Waals surface area contributed by atoms with Crippen LogP contribution in [-0.2, 0) is 11.2 Å². The molecule has 0 unspecified atom stereocenters. The highest BCUT2D eigenvalue weighted by Gasteiger charge is 2.47. The van der Waals surface area contributed by atoms with Crippen molar-refractivity contribution in [1.82, 2.24) is 14.8 Å². The van der Waals surface area contributed by atoms with Crippen molar-refractivity contribution in [1.29, 1.82) is 0 Å². The van der Waals surface area contributed by atoms with Gasteiger partial charge >= 0.3 is 6.09 Å². The SMILES string of the molecule is CC(C)(C)OC(=O)N1CC2(CCN(CCc3ccc(Br)cn3)CC2)C1. The number of hydrogen-bond donors (Lipinski definition) is 0. The third kappa shape index (κ3) is 4.94. The van der Waals surface area contributed by atoms with Gasteiger partial charge in [0.1, 0.15) is 5.60 Å². The summed E-state index contributed by atoms with van der Waals surface area (Å²) < 4.78 is 6.48. The van der Waals surface area contributed by atoms with Gasteiger partial charge in [-0.3, -0.25) is 4.98 Å². The molecule has 1 amide bonds. The van der Waals surface area contributed by atoms with E-state index >= 15 is 0 Å². The molecule has 25 heavy (non-hydrogen) atoms. The molecule has 0 aromatic carbocycles. The molecule has 0 saturated carbocycles. The fraction of sp³-hybridized carbons (Fsp3) is 0.684. The van der Waals surface area contributed by atoms with Crippen molar-refractivity contribution < 1.29 is 9.53 Å². The van der Waals surface area contributed by atoms with Crippen molar-refractivity contribution in [3.8, 4) is 0 Å². The van der Waals surface area contributed by atoms with Gasteiger partial charge in [-0.05, 0) is 74.8 Å². The molecule has 0 bridgehead atoms. The van der Waals surface area contributed by atoms with Crippen molar-refractivity contribution in [3.63, 3.8) is 0 Å². The quantitative estimate of drug-likeness (QED) is 0.762. The number of carbonyl (C=O) groups is 1. The van der Waals surface area contributed by atoms with Gasteiger partial charge in [0.25, 0.3) is 0 Å². The standard InChI is InChI=1S/C19H28BrN3O2/c1-18(2,3)25-17(24)23-13-19(14-23)7-10-22(11-8-19)9-6-16-5-4-15(20)12-21-16/h4-5,12H,6-11,13-14H2,1-3H3. The minimum absolute atomic E-state index is 0.165. The van der Waals surface area contributed by atoms with Crippen LogP contribution in [0.1, 0.15) is 39.3 Å². The second-order valence-corrected chi connectivity index (χ2v) is 9.31. The fourth-order valence-corrected chi connectivity index (χ4v) is 3.85. The zero-order valence-corrected chi connectivity index (χ0v) is 17.0. The Balaban J connectivity index is 1.39. The molecule has 3 rings (SSSR count). The maximum absolute atomic E-state index is 12.1. The molecule has 138 valence electrons. The highest BCUT2D eigenvalue weighted by Crippen LogP contribution is 2.40. The third-order valence-corrected chi connectivity index (χ3v) is 5.56. The summed E-state index contributed by atoms with van der Waals surface area (Å²) in [5.74, 6) is 0. The lowest BCUT2D eigenvalue weighted by atomic mass is 9.72. The summed E-state index contributed by atoms with van der Waals surface area (Å²) in [5, 5.41) is 0. The summed E-state index contributed by atoms with van der Waals surface area (Å²) in [5.41, 5.74) is 1.05. The molecule has 5 nitrogen and oxygen atoms in total. The van der Waals surface area contributed by atoms with E-state index in [9.17, 15) is 4.79 Å². The van der Waals surface area contributed by atoms with Crippen LogP contribution in [0, 0.1) is 5.41 Å². The molecule has 0 N–H and O–H groups in total. The van der Waals surface area contributed by atoms with Crippen molar-refractivity contribution in [2.24, 2.45) is 5.41 Å². The normalized spacial score (nSPS) is 20.4. The van der Waals surface area contributed by atoms with Crippen molar-refractivity contribution >= 4 is 22.0 Å². The van der Waals surface area contributed by atoms with E-state index < -0.39 is 5.60 Å². The molecule has 3 heterocycles. The monoisotopic (exact) mass is 409 g/mol. The average molecular weight is 410 g/mol. The van der Waals surface area contributed by atoms with Crippen LogP contribution >= 0.6 is 15.9 Å². The molecule has 2 fully saturated rings. The molecule has 0 aliphatic carbocycles. The lowest BCUT2D eigenvalue weighted by Crippen LogP contribution is -2.62. The smallest absolute Gasteiger partial charge is 0.410 e. The van der Waals surface area contributed by atoms with Crippen LogP contribution in [0.25, 0.3) is 0 Å². The second-order valence-electron chi connectivity index (χ2n) is 8.40. The van der Waals surface area contributed by atoms with E-state index in [1.807, 2.05) is 37.9 Å². The second kappa shape index (κ2) is 7.23. The Bertz CT molecular complexity index is 596. The number of carbonyl (C=O) groups excluding carboxylic acids is 1. The predicted molar refractivity (Wildman–Crippen MR) is 102 cm³/mol. The summed E-state index contributed by atoms with van der Waals surface area (Å²) in [6.45, 7) is 10.7. The highest BCUT2D eigenvalue weighted by molar-refractivity contribution is 9.10. The van der Waals surface area contributed by atoms with E-state index in [4.69, 9.17) is 4.74 Å². The van der Waals surface area contributed by atoms with Gasteiger partial charge in [-0.2, -0.15) is 0 Å². The molecule has 6 heteroatoms. The average Bonchev–Trinajstić information content (AvgIpc) is 2.51. The number of amides is 1. The largest absolute Gasteiger partial charge is 0.444 e. The number of likely N-dealkylation sites (tertiary alicyclic amines) is 2. The molecule has 0 atom stereocenters. The first-order chi connectivity index (χ1) is 11.7. The molecule has 0 radical (unpaired) electrons. The number of pyridine rings is 1. The Hall–Kier alpha value is -1.14. The fourth-order valence-electron chi connectivity index (χ4n) is 3.61. The maximum atomic E-state index is 12.1. The van der Waals surface area contributed by atoms with Crippen LogP contribution in [0.2, 0.25) is 0 Å². The van der Waals surface area contributed by atoms with Gasteiger partial charge in [-0.15, -0.1) is 0 Å². The number of rotatable bonds is 3. The van der Waals surface area contributed by atoms with Crippen LogP contribution in [0.5, 0.6) is 0 Å². The minimum atomic E-state index is -0.412. The van der Waals surface area contributed by atoms with Crippen LogP contribution in [0.15, 0.2) is 22.8 Å². The van der Waals surface area contributed by atoms with Crippen molar-refractivity contribution in [3.05, 3.63) is 28.5 Å². The highest BCUT2D eigenvalue weighted by atomic mass is 79.9. The Morgan fingerprint density at radius 1 is 1.28 bits per heavy atom. The zero-order chi connectivity index (χ0) is 18.1. The predicted octanol–water partition coefficient (Wildman–Crippen LogP) is 3.72. The summed E-state index contributed by atoms with van der Waals surface area (Å²) in [6, 6.07) is 4.13. The molecule has 1 aromatic rings. The minimum Gasteiger partial charge on any atom is -0.444 e. The third-order valence-electron chi connectivity index (χ3n) is 5.09. The Kier molecular flexibility index (Phi) is 5.40. The Labute approximate surface area is 158 Å². The number of halogens is 1. The van der Waals surface area contributed by atoms with Crippen LogP contribution in [0.4, 0.5) is 4.79 Å². The van der Waals surface area contributed by atoms with E-state index in [0.717, 1.165) is 49.3 Å². The number of piperidine rings is 1. The number of hydrogen-bond acceptors (Lipinski definition) is 4. The van der Waals surface area contributed by atoms with Crippen LogP contribution < -0.4 is 0 Å². The molecule has 1 spiro atoms.